The number of fused-ring (bicyclic) bond motifs is 3. The molecule has 1 aromatic heterocycles. The molecular weight excluding hydrogens is 340 g/mol. The molecule has 0 bridgehead atoms. The number of hydrogen-bond acceptors (Lipinski definition) is 2. The molecule has 0 aliphatic heterocycles. The summed E-state index contributed by atoms with van der Waals surface area (Å²) in [7, 11) is 4.11. The van der Waals surface area contributed by atoms with Crippen molar-refractivity contribution in [3.8, 4) is 0 Å². The van der Waals surface area contributed by atoms with Crippen LogP contribution in [0.1, 0.15) is 6.42 Å². The van der Waals surface area contributed by atoms with Crippen LogP contribution in [0.5, 0.6) is 0 Å². The predicted molar refractivity (Wildman–Crippen MR) is 96.6 cm³/mol. The quantitative estimate of drug-likeness (QED) is 0.661. The Kier molecular flexibility index (Phi) is 4.32. The predicted octanol–water partition coefficient (Wildman–Crippen LogP) is 3.87. The van der Waals surface area contributed by atoms with Gasteiger partial charge in [-0.25, -0.2) is 0 Å². The Bertz CT molecular complexity index is 883. The Morgan fingerprint density at radius 3 is 2.50 bits per heavy atom. The van der Waals surface area contributed by atoms with Crippen molar-refractivity contribution in [1.29, 1.82) is 0 Å². The zero-order valence-electron chi connectivity index (χ0n) is 12.8. The van der Waals surface area contributed by atoms with Gasteiger partial charge in [-0.1, -0.05) is 34.1 Å². The molecule has 2 aromatic carbocycles. The van der Waals surface area contributed by atoms with Crippen molar-refractivity contribution in [3.63, 3.8) is 0 Å². The highest BCUT2D eigenvalue weighted by atomic mass is 79.9. The zero-order valence-corrected chi connectivity index (χ0v) is 14.4. The van der Waals surface area contributed by atoms with Gasteiger partial charge in [0.15, 0.2) is 0 Å². The third-order valence-electron chi connectivity index (χ3n) is 3.93. The molecule has 3 rings (SSSR count). The number of aryl methyl sites for hydroxylation is 1. The lowest BCUT2D eigenvalue weighted by Gasteiger charge is -2.15. The Labute approximate surface area is 138 Å². The van der Waals surface area contributed by atoms with Crippen LogP contribution in [0.2, 0.25) is 0 Å². The minimum atomic E-state index is 0.101. The highest BCUT2D eigenvalue weighted by molar-refractivity contribution is 9.10. The van der Waals surface area contributed by atoms with Gasteiger partial charge in [0.2, 0.25) is 0 Å². The second kappa shape index (κ2) is 6.23. The molecular formula is C18H19BrN2O. The van der Waals surface area contributed by atoms with Gasteiger partial charge >= 0.3 is 0 Å². The number of halogens is 1. The van der Waals surface area contributed by atoms with Gasteiger partial charge in [0.1, 0.15) is 0 Å². The molecule has 0 radical (unpaired) electrons. The van der Waals surface area contributed by atoms with E-state index in [0.29, 0.717) is 0 Å². The molecule has 0 fully saturated rings. The standard InChI is InChI=1S/C18H19BrN2O/c1-20(2)10-5-11-21-17-9-8-13(19)12-16(17)14-6-3-4-7-15(14)18(21)22/h3-4,6-9,12H,5,10-11H2,1-2H3. The molecule has 0 N–H and O–H groups in total. The molecule has 0 unspecified atom stereocenters. The summed E-state index contributed by atoms with van der Waals surface area (Å²) in [6, 6.07) is 14.0. The van der Waals surface area contributed by atoms with E-state index in [4.69, 9.17) is 0 Å². The molecule has 0 aliphatic carbocycles. The molecule has 3 aromatic rings. The van der Waals surface area contributed by atoms with Crippen LogP contribution in [0.25, 0.3) is 21.7 Å². The molecule has 3 nitrogen and oxygen atoms in total. The number of benzene rings is 2. The average molecular weight is 359 g/mol. The van der Waals surface area contributed by atoms with Crippen LogP contribution in [0.4, 0.5) is 0 Å². The monoisotopic (exact) mass is 358 g/mol. The van der Waals surface area contributed by atoms with Crippen LogP contribution in [0.15, 0.2) is 51.7 Å². The summed E-state index contributed by atoms with van der Waals surface area (Å²) < 4.78 is 2.94. The van der Waals surface area contributed by atoms with Crippen molar-refractivity contribution >= 4 is 37.6 Å². The Hall–Kier alpha value is -1.65. The number of aromatic nitrogens is 1. The largest absolute Gasteiger partial charge is 0.309 e. The van der Waals surface area contributed by atoms with E-state index >= 15 is 0 Å². The first-order valence-electron chi connectivity index (χ1n) is 7.43. The number of rotatable bonds is 4. The highest BCUT2D eigenvalue weighted by Crippen LogP contribution is 2.26. The molecule has 0 saturated heterocycles. The van der Waals surface area contributed by atoms with Gasteiger partial charge in [-0.05, 0) is 56.7 Å². The van der Waals surface area contributed by atoms with E-state index in [1.165, 1.54) is 0 Å². The lowest BCUT2D eigenvalue weighted by atomic mass is 10.1. The molecule has 0 aliphatic rings. The summed E-state index contributed by atoms with van der Waals surface area (Å²) in [4.78, 5) is 15.0. The molecule has 0 saturated carbocycles. The van der Waals surface area contributed by atoms with Crippen molar-refractivity contribution in [1.82, 2.24) is 9.47 Å². The maximum absolute atomic E-state index is 12.8. The van der Waals surface area contributed by atoms with Gasteiger partial charge in [-0.15, -0.1) is 0 Å². The van der Waals surface area contributed by atoms with Gasteiger partial charge in [0.25, 0.3) is 5.56 Å². The minimum Gasteiger partial charge on any atom is -0.309 e. The normalized spacial score (nSPS) is 11.6. The Balaban J connectivity index is 2.24. The zero-order chi connectivity index (χ0) is 15.7. The van der Waals surface area contributed by atoms with Crippen LogP contribution in [-0.2, 0) is 6.54 Å². The third-order valence-corrected chi connectivity index (χ3v) is 4.42. The second-order valence-electron chi connectivity index (χ2n) is 5.82. The van der Waals surface area contributed by atoms with Crippen LogP contribution in [0, 0.1) is 0 Å². The molecule has 4 heteroatoms. The summed E-state index contributed by atoms with van der Waals surface area (Å²) in [5.74, 6) is 0. The fraction of sp³-hybridized carbons (Fsp3) is 0.278. The molecule has 114 valence electrons. The van der Waals surface area contributed by atoms with Gasteiger partial charge in [0.05, 0.1) is 5.52 Å². The molecule has 0 atom stereocenters. The van der Waals surface area contributed by atoms with E-state index in [0.717, 1.165) is 45.7 Å². The lowest BCUT2D eigenvalue weighted by Crippen LogP contribution is -2.23. The molecule has 0 amide bonds. The molecule has 0 spiro atoms. The van der Waals surface area contributed by atoms with Crippen molar-refractivity contribution in [2.75, 3.05) is 20.6 Å². The van der Waals surface area contributed by atoms with Gasteiger partial charge in [-0.2, -0.15) is 0 Å². The minimum absolute atomic E-state index is 0.101. The average Bonchev–Trinajstić information content (AvgIpc) is 2.50. The topological polar surface area (TPSA) is 25.2 Å². The van der Waals surface area contributed by atoms with Gasteiger partial charge < -0.3 is 9.47 Å². The first kappa shape index (κ1) is 15.3. The number of pyridine rings is 1. The first-order chi connectivity index (χ1) is 10.6. The molecule has 22 heavy (non-hydrogen) atoms. The first-order valence-corrected chi connectivity index (χ1v) is 8.23. The number of hydrogen-bond donors (Lipinski definition) is 0. The smallest absolute Gasteiger partial charge is 0.258 e. The Morgan fingerprint density at radius 2 is 1.77 bits per heavy atom. The van der Waals surface area contributed by atoms with E-state index < -0.39 is 0 Å². The van der Waals surface area contributed by atoms with Crippen LogP contribution in [-0.4, -0.2) is 30.1 Å². The van der Waals surface area contributed by atoms with E-state index in [1.54, 1.807) is 0 Å². The van der Waals surface area contributed by atoms with Crippen molar-refractivity contribution in [3.05, 3.63) is 57.3 Å². The van der Waals surface area contributed by atoms with Crippen molar-refractivity contribution < 1.29 is 0 Å². The SMILES string of the molecule is CN(C)CCCn1c(=O)c2ccccc2c2cc(Br)ccc21. The van der Waals surface area contributed by atoms with Crippen LogP contribution >= 0.6 is 15.9 Å². The van der Waals surface area contributed by atoms with E-state index in [1.807, 2.05) is 41.0 Å². The lowest BCUT2D eigenvalue weighted by molar-refractivity contribution is 0.387. The van der Waals surface area contributed by atoms with E-state index in [2.05, 4.69) is 41.0 Å². The second-order valence-corrected chi connectivity index (χ2v) is 6.74. The molecule has 1 heterocycles. The fourth-order valence-corrected chi connectivity index (χ4v) is 3.25. The van der Waals surface area contributed by atoms with E-state index in [9.17, 15) is 4.79 Å². The summed E-state index contributed by atoms with van der Waals surface area (Å²) >= 11 is 3.54. The third kappa shape index (κ3) is 2.81. The maximum atomic E-state index is 12.8. The van der Waals surface area contributed by atoms with Crippen molar-refractivity contribution in [2.24, 2.45) is 0 Å². The van der Waals surface area contributed by atoms with Gasteiger partial charge in [0, 0.05) is 21.8 Å². The summed E-state index contributed by atoms with van der Waals surface area (Å²) in [6.45, 7) is 1.71. The van der Waals surface area contributed by atoms with Crippen LogP contribution < -0.4 is 5.56 Å². The number of nitrogens with zero attached hydrogens (tertiary/aromatic N) is 2. The van der Waals surface area contributed by atoms with Crippen LogP contribution in [0.3, 0.4) is 0 Å². The Morgan fingerprint density at radius 1 is 1.05 bits per heavy atom. The van der Waals surface area contributed by atoms with Gasteiger partial charge in [-0.3, -0.25) is 4.79 Å². The van der Waals surface area contributed by atoms with Crippen molar-refractivity contribution in [2.45, 2.75) is 13.0 Å². The summed E-state index contributed by atoms with van der Waals surface area (Å²) in [6.07, 6.45) is 0.955. The maximum Gasteiger partial charge on any atom is 0.258 e. The summed E-state index contributed by atoms with van der Waals surface area (Å²) in [5.41, 5.74) is 1.11. The van der Waals surface area contributed by atoms with E-state index in [-0.39, 0.29) is 5.56 Å². The highest BCUT2D eigenvalue weighted by Gasteiger charge is 2.10. The summed E-state index contributed by atoms with van der Waals surface area (Å²) in [5, 5.41) is 2.93. The fourth-order valence-electron chi connectivity index (χ4n) is 2.89.